The number of methoxy groups -OCH3 is 2. The van der Waals surface area contributed by atoms with Crippen molar-refractivity contribution in [2.24, 2.45) is 0 Å². The molecule has 0 bridgehead atoms. The molecule has 3 heterocycles. The van der Waals surface area contributed by atoms with Crippen LogP contribution in [0.4, 0.5) is 11.5 Å². The average molecular weight is 385 g/mol. The summed E-state index contributed by atoms with van der Waals surface area (Å²) in [5.41, 5.74) is 4.41. The third kappa shape index (κ3) is 3.56. The maximum Gasteiger partial charge on any atom is 0.137 e. The number of fused-ring (bicyclic) bond motifs is 1. The minimum absolute atomic E-state index is 0.503. The molecule has 0 atom stereocenters. The number of benzene rings is 1. The van der Waals surface area contributed by atoms with Gasteiger partial charge in [-0.1, -0.05) is 0 Å². The Kier molecular flexibility index (Phi) is 4.75. The Morgan fingerprint density at radius 1 is 0.966 bits per heavy atom. The number of hydrogen-bond donors (Lipinski definition) is 1. The Labute approximate surface area is 168 Å². The van der Waals surface area contributed by atoms with Gasteiger partial charge in [0, 0.05) is 5.69 Å². The lowest BCUT2D eigenvalue weighted by Crippen LogP contribution is -1.99. The number of imidazole rings is 1. The summed E-state index contributed by atoms with van der Waals surface area (Å²) in [6.07, 6.45) is 1.86. The van der Waals surface area contributed by atoms with Crippen LogP contribution in [0.5, 0.6) is 11.5 Å². The van der Waals surface area contributed by atoms with E-state index in [0.29, 0.717) is 22.8 Å². The van der Waals surface area contributed by atoms with E-state index in [0.717, 1.165) is 28.5 Å². The van der Waals surface area contributed by atoms with Crippen LogP contribution in [0.3, 0.4) is 0 Å². The van der Waals surface area contributed by atoms with E-state index in [4.69, 9.17) is 14.5 Å². The smallest absolute Gasteiger partial charge is 0.137 e. The second kappa shape index (κ2) is 7.52. The van der Waals surface area contributed by atoms with Gasteiger partial charge in [0.1, 0.15) is 23.0 Å². The molecule has 3 aromatic heterocycles. The number of ether oxygens (including phenoxy) is 2. The van der Waals surface area contributed by atoms with Crippen LogP contribution in [-0.2, 0) is 0 Å². The zero-order chi connectivity index (χ0) is 20.4. The summed E-state index contributed by atoms with van der Waals surface area (Å²) >= 11 is 0. The van der Waals surface area contributed by atoms with Gasteiger partial charge < -0.3 is 14.8 Å². The van der Waals surface area contributed by atoms with Crippen molar-refractivity contribution in [3.8, 4) is 29.0 Å². The average Bonchev–Trinajstić information content (AvgIpc) is 3.08. The third-order valence-corrected chi connectivity index (χ3v) is 4.56. The van der Waals surface area contributed by atoms with Crippen LogP contribution >= 0.6 is 0 Å². The molecule has 0 spiro atoms. The number of nitrogens with zero attached hydrogens (tertiary/aromatic N) is 4. The maximum absolute atomic E-state index is 9.52. The summed E-state index contributed by atoms with van der Waals surface area (Å²) in [7, 11) is 3.25. The van der Waals surface area contributed by atoms with Gasteiger partial charge in [0.25, 0.3) is 0 Å². The van der Waals surface area contributed by atoms with E-state index in [1.54, 1.807) is 26.4 Å². The highest BCUT2D eigenvalue weighted by Crippen LogP contribution is 2.28. The minimum atomic E-state index is 0.503. The Morgan fingerprint density at radius 2 is 1.69 bits per heavy atom. The van der Waals surface area contributed by atoms with Crippen LogP contribution in [0.2, 0.25) is 0 Å². The van der Waals surface area contributed by atoms with Crippen molar-refractivity contribution < 1.29 is 9.47 Å². The highest BCUT2D eigenvalue weighted by atomic mass is 16.5. The van der Waals surface area contributed by atoms with Gasteiger partial charge in [-0.25, -0.2) is 9.97 Å². The van der Waals surface area contributed by atoms with Crippen LogP contribution in [0, 0.1) is 18.3 Å². The Balaban J connectivity index is 1.80. The molecule has 0 aliphatic heterocycles. The number of rotatable bonds is 5. The second-order valence-corrected chi connectivity index (χ2v) is 6.43. The van der Waals surface area contributed by atoms with Crippen molar-refractivity contribution in [3.05, 3.63) is 66.0 Å². The van der Waals surface area contributed by atoms with Crippen molar-refractivity contribution in [3.63, 3.8) is 0 Å². The van der Waals surface area contributed by atoms with Gasteiger partial charge in [-0.15, -0.1) is 0 Å². The topological polar surface area (TPSA) is 84.5 Å². The van der Waals surface area contributed by atoms with Crippen LogP contribution in [0.15, 0.2) is 54.7 Å². The van der Waals surface area contributed by atoms with Gasteiger partial charge in [-0.3, -0.25) is 4.40 Å². The van der Waals surface area contributed by atoms with E-state index < -0.39 is 0 Å². The van der Waals surface area contributed by atoms with Crippen LogP contribution < -0.4 is 14.8 Å². The molecule has 0 fully saturated rings. The Morgan fingerprint density at radius 3 is 2.38 bits per heavy atom. The van der Waals surface area contributed by atoms with Gasteiger partial charge in [-0.05, 0) is 55.5 Å². The Bertz CT molecular complexity index is 1220. The van der Waals surface area contributed by atoms with E-state index in [1.807, 2.05) is 53.9 Å². The predicted octanol–water partition coefficient (Wildman–Crippen LogP) is 4.34. The molecule has 0 radical (unpaired) electrons. The first-order valence-electron chi connectivity index (χ1n) is 8.97. The number of pyridine rings is 2. The predicted molar refractivity (Wildman–Crippen MR) is 111 cm³/mol. The van der Waals surface area contributed by atoms with Crippen molar-refractivity contribution >= 4 is 17.2 Å². The van der Waals surface area contributed by atoms with Crippen molar-refractivity contribution in [1.29, 1.82) is 5.26 Å². The first-order valence-corrected chi connectivity index (χ1v) is 8.97. The van der Waals surface area contributed by atoms with Crippen LogP contribution in [-0.4, -0.2) is 28.6 Å². The molecule has 0 aliphatic rings. The summed E-state index contributed by atoms with van der Waals surface area (Å²) in [6, 6.07) is 16.9. The molecule has 1 aromatic carbocycles. The van der Waals surface area contributed by atoms with Gasteiger partial charge in [0.2, 0.25) is 0 Å². The zero-order valence-electron chi connectivity index (χ0n) is 16.3. The third-order valence-electron chi connectivity index (χ3n) is 4.56. The largest absolute Gasteiger partial charge is 0.497 e. The summed E-state index contributed by atoms with van der Waals surface area (Å²) in [5, 5.41) is 12.8. The van der Waals surface area contributed by atoms with E-state index in [1.165, 1.54) is 0 Å². The molecule has 4 aromatic rings. The fourth-order valence-corrected chi connectivity index (χ4v) is 3.17. The number of nitriles is 1. The SMILES string of the molecule is COc1ccc(Nc2cc(C#N)cc(-c3c(C)nc4ccc(OC)cn34)n2)cc1. The lowest BCUT2D eigenvalue weighted by atomic mass is 10.1. The molecular formula is C22H19N5O2. The van der Waals surface area contributed by atoms with Crippen molar-refractivity contribution in [2.45, 2.75) is 6.92 Å². The van der Waals surface area contributed by atoms with Gasteiger partial charge in [-0.2, -0.15) is 5.26 Å². The fraction of sp³-hybridized carbons (Fsp3) is 0.136. The van der Waals surface area contributed by atoms with Gasteiger partial charge in [0.05, 0.1) is 49.1 Å². The molecular weight excluding hydrogens is 366 g/mol. The van der Waals surface area contributed by atoms with E-state index in [-0.39, 0.29) is 0 Å². The molecule has 7 heteroatoms. The zero-order valence-corrected chi connectivity index (χ0v) is 16.3. The number of aryl methyl sites for hydroxylation is 1. The normalized spacial score (nSPS) is 10.6. The highest BCUT2D eigenvalue weighted by molar-refractivity contribution is 5.69. The van der Waals surface area contributed by atoms with E-state index in [2.05, 4.69) is 16.4 Å². The number of anilines is 2. The molecule has 4 rings (SSSR count). The molecule has 0 saturated heterocycles. The second-order valence-electron chi connectivity index (χ2n) is 6.43. The van der Waals surface area contributed by atoms with E-state index in [9.17, 15) is 5.26 Å². The minimum Gasteiger partial charge on any atom is -0.497 e. The first-order chi connectivity index (χ1) is 14.1. The van der Waals surface area contributed by atoms with E-state index >= 15 is 0 Å². The molecule has 0 aliphatic carbocycles. The van der Waals surface area contributed by atoms with Crippen molar-refractivity contribution in [2.75, 3.05) is 19.5 Å². The maximum atomic E-state index is 9.52. The van der Waals surface area contributed by atoms with Crippen molar-refractivity contribution in [1.82, 2.24) is 14.4 Å². The fourth-order valence-electron chi connectivity index (χ4n) is 3.17. The number of hydrogen-bond acceptors (Lipinski definition) is 6. The molecule has 0 amide bonds. The summed E-state index contributed by atoms with van der Waals surface area (Å²) in [4.78, 5) is 9.34. The molecule has 1 N–H and O–H groups in total. The summed E-state index contributed by atoms with van der Waals surface area (Å²) in [6.45, 7) is 1.92. The lowest BCUT2D eigenvalue weighted by molar-refractivity contribution is 0.412. The van der Waals surface area contributed by atoms with Gasteiger partial charge in [0.15, 0.2) is 0 Å². The highest BCUT2D eigenvalue weighted by Gasteiger charge is 2.15. The van der Waals surface area contributed by atoms with Crippen LogP contribution in [0.1, 0.15) is 11.3 Å². The first kappa shape index (κ1) is 18.3. The summed E-state index contributed by atoms with van der Waals surface area (Å²) in [5.74, 6) is 2.05. The molecule has 0 unspecified atom stereocenters. The summed E-state index contributed by atoms with van der Waals surface area (Å²) < 4.78 is 12.5. The quantitative estimate of drug-likeness (QED) is 0.550. The van der Waals surface area contributed by atoms with Gasteiger partial charge >= 0.3 is 0 Å². The standard InChI is InChI=1S/C22H19N5O2/c1-14-22(27-13-18(29-3)8-9-21(27)24-14)19-10-15(12-23)11-20(26-19)25-16-4-6-17(28-2)7-5-16/h4-11,13H,1-3H3,(H,25,26). The molecule has 29 heavy (non-hydrogen) atoms. The van der Waals surface area contributed by atoms with Crippen LogP contribution in [0.25, 0.3) is 17.0 Å². The number of nitrogens with one attached hydrogen (secondary N) is 1. The lowest BCUT2D eigenvalue weighted by Gasteiger charge is -2.10. The molecule has 144 valence electrons. The Hall–Kier alpha value is -4.05. The monoisotopic (exact) mass is 385 g/mol. The molecule has 0 saturated carbocycles. The molecule has 7 nitrogen and oxygen atoms in total. The number of aromatic nitrogens is 3.